The van der Waals surface area contributed by atoms with Crippen molar-refractivity contribution in [2.75, 3.05) is 44.8 Å². The van der Waals surface area contributed by atoms with Crippen LogP contribution in [0.5, 0.6) is 5.75 Å². The highest BCUT2D eigenvalue weighted by Crippen LogP contribution is 2.35. The molecule has 0 bridgehead atoms. The van der Waals surface area contributed by atoms with Gasteiger partial charge in [-0.1, -0.05) is 0 Å². The first-order valence-electron chi connectivity index (χ1n) is 11.3. The Morgan fingerprint density at radius 1 is 1.34 bits per heavy atom. The molecule has 0 N–H and O–H groups in total. The molecule has 0 saturated carbocycles. The zero-order chi connectivity index (χ0) is 22.7. The molecule has 2 fully saturated rings. The smallest absolute Gasteiger partial charge is 0.253 e. The first-order valence-corrected chi connectivity index (χ1v) is 12.1. The molecule has 1 aromatic heterocycles. The summed E-state index contributed by atoms with van der Waals surface area (Å²) < 4.78 is 17.8. The zero-order valence-corrected chi connectivity index (χ0v) is 20.2. The van der Waals surface area contributed by atoms with Gasteiger partial charge in [-0.25, -0.2) is 4.98 Å². The number of amides is 1. The molecule has 1 atom stereocenters. The number of benzene rings is 1. The maximum Gasteiger partial charge on any atom is 0.253 e. The van der Waals surface area contributed by atoms with Crippen LogP contribution in [-0.4, -0.2) is 73.5 Å². The molecule has 2 aliphatic rings. The standard InChI is InChI=1S/C24H33N3O4S/c1-17(2)30-21-6-5-19(13-18(21)3)22(28)26-10-7-24(8-11-26)16-27(23-25-9-12-32-23)14-20(31-24)15-29-4/h5-6,9,12-13,17,20H,7-8,10-11,14-16H2,1-4H3. The Morgan fingerprint density at radius 3 is 2.75 bits per heavy atom. The van der Waals surface area contributed by atoms with E-state index >= 15 is 0 Å². The average molecular weight is 460 g/mol. The quantitative estimate of drug-likeness (QED) is 0.655. The van der Waals surface area contributed by atoms with Gasteiger partial charge in [-0.2, -0.15) is 0 Å². The van der Waals surface area contributed by atoms with Gasteiger partial charge in [0.2, 0.25) is 0 Å². The fourth-order valence-corrected chi connectivity index (χ4v) is 5.27. The Kier molecular flexibility index (Phi) is 7.02. The topological polar surface area (TPSA) is 64.1 Å². The largest absolute Gasteiger partial charge is 0.491 e. The van der Waals surface area contributed by atoms with Gasteiger partial charge < -0.3 is 24.0 Å². The molecule has 2 aliphatic heterocycles. The van der Waals surface area contributed by atoms with E-state index in [-0.39, 0.29) is 23.7 Å². The Labute approximate surface area is 194 Å². The first-order chi connectivity index (χ1) is 15.4. The van der Waals surface area contributed by atoms with Crippen LogP contribution in [-0.2, 0) is 9.47 Å². The van der Waals surface area contributed by atoms with Gasteiger partial charge in [0.05, 0.1) is 24.4 Å². The van der Waals surface area contributed by atoms with Crippen molar-refractivity contribution in [3.8, 4) is 5.75 Å². The van der Waals surface area contributed by atoms with E-state index in [1.54, 1.807) is 18.4 Å². The van der Waals surface area contributed by atoms with Crippen LogP contribution in [0.1, 0.15) is 42.6 Å². The molecule has 1 amide bonds. The molecule has 32 heavy (non-hydrogen) atoms. The lowest BCUT2D eigenvalue weighted by atomic mass is 9.88. The lowest BCUT2D eigenvalue weighted by Crippen LogP contribution is -2.61. The van der Waals surface area contributed by atoms with Gasteiger partial charge in [0.25, 0.3) is 5.91 Å². The second-order valence-corrected chi connectivity index (χ2v) is 9.89. The van der Waals surface area contributed by atoms with Crippen molar-refractivity contribution in [3.63, 3.8) is 0 Å². The molecule has 2 saturated heterocycles. The van der Waals surface area contributed by atoms with Crippen LogP contribution in [0.15, 0.2) is 29.8 Å². The van der Waals surface area contributed by atoms with Gasteiger partial charge in [-0.3, -0.25) is 4.79 Å². The predicted molar refractivity (Wildman–Crippen MR) is 126 cm³/mol. The normalized spacial score (nSPS) is 20.7. The summed E-state index contributed by atoms with van der Waals surface area (Å²) >= 11 is 1.65. The maximum atomic E-state index is 13.2. The van der Waals surface area contributed by atoms with Crippen molar-refractivity contribution in [2.45, 2.75) is 51.4 Å². The molecule has 1 spiro atoms. The van der Waals surface area contributed by atoms with Crippen LogP contribution in [0.3, 0.4) is 0 Å². The molecule has 7 nitrogen and oxygen atoms in total. The molecule has 1 aromatic carbocycles. The van der Waals surface area contributed by atoms with E-state index in [0.717, 1.165) is 42.4 Å². The van der Waals surface area contributed by atoms with Gasteiger partial charge in [0, 0.05) is 50.4 Å². The van der Waals surface area contributed by atoms with E-state index in [9.17, 15) is 4.79 Å². The number of hydrogen-bond acceptors (Lipinski definition) is 7. The third-order valence-corrected chi connectivity index (χ3v) is 6.94. The van der Waals surface area contributed by atoms with Crippen molar-refractivity contribution in [2.24, 2.45) is 0 Å². The number of piperidine rings is 1. The number of aryl methyl sites for hydroxylation is 1. The van der Waals surface area contributed by atoms with Crippen LogP contribution in [0.25, 0.3) is 0 Å². The number of carbonyl (C=O) groups is 1. The molecule has 3 heterocycles. The highest BCUT2D eigenvalue weighted by atomic mass is 32.1. The minimum atomic E-state index is -0.283. The number of likely N-dealkylation sites (tertiary alicyclic amines) is 1. The number of thiazole rings is 1. The van der Waals surface area contributed by atoms with Gasteiger partial charge >= 0.3 is 0 Å². The fraction of sp³-hybridized carbons (Fsp3) is 0.583. The summed E-state index contributed by atoms with van der Waals surface area (Å²) in [7, 11) is 1.71. The van der Waals surface area contributed by atoms with Crippen LogP contribution in [0.2, 0.25) is 0 Å². The highest BCUT2D eigenvalue weighted by molar-refractivity contribution is 7.13. The Bertz CT molecular complexity index is 910. The number of anilines is 1. The molecule has 4 rings (SSSR count). The second kappa shape index (κ2) is 9.77. The van der Waals surface area contributed by atoms with Gasteiger partial charge in [0.1, 0.15) is 5.75 Å². The second-order valence-electron chi connectivity index (χ2n) is 9.01. The monoisotopic (exact) mass is 459 g/mol. The van der Waals surface area contributed by atoms with E-state index in [4.69, 9.17) is 14.2 Å². The zero-order valence-electron chi connectivity index (χ0n) is 19.4. The number of methoxy groups -OCH3 is 1. The number of nitrogens with zero attached hydrogens (tertiary/aromatic N) is 3. The average Bonchev–Trinajstić information content (AvgIpc) is 3.30. The summed E-state index contributed by atoms with van der Waals surface area (Å²) in [6.45, 7) is 9.46. The molecule has 2 aromatic rings. The van der Waals surface area contributed by atoms with Gasteiger partial charge in [0.15, 0.2) is 5.13 Å². The summed E-state index contributed by atoms with van der Waals surface area (Å²) in [6, 6.07) is 5.70. The van der Waals surface area contributed by atoms with Crippen LogP contribution in [0, 0.1) is 6.92 Å². The Morgan fingerprint density at radius 2 is 2.12 bits per heavy atom. The fourth-order valence-electron chi connectivity index (χ4n) is 4.62. The number of carbonyl (C=O) groups excluding carboxylic acids is 1. The lowest BCUT2D eigenvalue weighted by molar-refractivity contribution is -0.145. The van der Waals surface area contributed by atoms with E-state index in [1.165, 1.54) is 0 Å². The molecular formula is C24H33N3O4S. The van der Waals surface area contributed by atoms with Crippen molar-refractivity contribution < 1.29 is 19.0 Å². The Hall–Kier alpha value is -2.16. The summed E-state index contributed by atoms with van der Waals surface area (Å²) in [6.07, 6.45) is 3.54. The minimum absolute atomic E-state index is 0.00365. The number of rotatable bonds is 6. The molecule has 0 aliphatic carbocycles. The van der Waals surface area contributed by atoms with Crippen molar-refractivity contribution in [1.29, 1.82) is 0 Å². The summed E-state index contributed by atoms with van der Waals surface area (Å²) in [5.74, 6) is 0.899. The number of hydrogen-bond donors (Lipinski definition) is 0. The van der Waals surface area contributed by atoms with Crippen LogP contribution in [0.4, 0.5) is 5.13 Å². The number of morpholine rings is 1. The lowest BCUT2D eigenvalue weighted by Gasteiger charge is -2.49. The predicted octanol–water partition coefficient (Wildman–Crippen LogP) is 3.77. The summed E-state index contributed by atoms with van der Waals surface area (Å²) in [5, 5.41) is 3.02. The van der Waals surface area contributed by atoms with Crippen molar-refractivity contribution in [1.82, 2.24) is 9.88 Å². The summed E-state index contributed by atoms with van der Waals surface area (Å²) in [4.78, 5) is 21.9. The SMILES string of the molecule is COCC1CN(c2nccs2)CC2(CCN(C(=O)c3ccc(OC(C)C)c(C)c3)CC2)O1. The molecule has 174 valence electrons. The van der Waals surface area contributed by atoms with Crippen molar-refractivity contribution in [3.05, 3.63) is 40.9 Å². The molecule has 0 radical (unpaired) electrons. The summed E-state index contributed by atoms with van der Waals surface area (Å²) in [5.41, 5.74) is 1.41. The Balaban J connectivity index is 1.43. The molecular weight excluding hydrogens is 426 g/mol. The van der Waals surface area contributed by atoms with E-state index in [2.05, 4.69) is 9.88 Å². The van der Waals surface area contributed by atoms with E-state index in [1.807, 2.05) is 55.4 Å². The van der Waals surface area contributed by atoms with E-state index in [0.29, 0.717) is 25.3 Å². The van der Waals surface area contributed by atoms with Crippen LogP contribution < -0.4 is 9.64 Å². The molecule has 1 unspecified atom stereocenters. The maximum absolute atomic E-state index is 13.2. The number of aromatic nitrogens is 1. The third-order valence-electron chi connectivity index (χ3n) is 6.11. The van der Waals surface area contributed by atoms with Gasteiger partial charge in [-0.05, 0) is 57.4 Å². The molecule has 8 heteroatoms. The first kappa shape index (κ1) is 23.0. The van der Waals surface area contributed by atoms with Gasteiger partial charge in [-0.15, -0.1) is 11.3 Å². The highest BCUT2D eigenvalue weighted by Gasteiger charge is 2.44. The van der Waals surface area contributed by atoms with Crippen molar-refractivity contribution >= 4 is 22.4 Å². The van der Waals surface area contributed by atoms with Crippen LogP contribution >= 0.6 is 11.3 Å². The minimum Gasteiger partial charge on any atom is -0.491 e. The number of ether oxygens (including phenoxy) is 3. The third kappa shape index (κ3) is 5.08. The van der Waals surface area contributed by atoms with E-state index < -0.39 is 0 Å².